The van der Waals surface area contributed by atoms with Crippen molar-refractivity contribution in [3.05, 3.63) is 78.6 Å². The van der Waals surface area contributed by atoms with Crippen molar-refractivity contribution in [3.63, 3.8) is 0 Å². The van der Waals surface area contributed by atoms with Gasteiger partial charge in [-0.3, -0.25) is 9.71 Å². The Bertz CT molecular complexity index is 1200. The number of nitrogens with zero attached hydrogens (tertiary/aromatic N) is 3. The van der Waals surface area contributed by atoms with Gasteiger partial charge in [0.05, 0.1) is 16.8 Å². The molecule has 2 aromatic carbocycles. The summed E-state index contributed by atoms with van der Waals surface area (Å²) in [6.45, 7) is 1.99. The zero-order valence-corrected chi connectivity index (χ0v) is 15.7. The Kier molecular flexibility index (Phi) is 4.62. The maximum absolute atomic E-state index is 12.6. The molecule has 0 bridgehead atoms. The number of hydrogen-bond acceptors (Lipinski definition) is 6. The molecule has 0 spiro atoms. The zero-order valence-electron chi connectivity index (χ0n) is 14.9. The second-order valence-corrected chi connectivity index (χ2v) is 7.84. The van der Waals surface area contributed by atoms with Gasteiger partial charge in [0.25, 0.3) is 10.0 Å². The third kappa shape index (κ3) is 3.77. The van der Waals surface area contributed by atoms with Crippen LogP contribution in [-0.4, -0.2) is 23.6 Å². The number of rotatable bonds is 5. The SMILES string of the molecule is Cc1ccc(-c2nnc(-c3cccc(S(=O)(=O)Nc4cccnc4)c3)o2)cc1. The van der Waals surface area contributed by atoms with Crippen molar-refractivity contribution in [1.82, 2.24) is 15.2 Å². The van der Waals surface area contributed by atoms with E-state index >= 15 is 0 Å². The van der Waals surface area contributed by atoms with E-state index in [1.54, 1.807) is 30.5 Å². The van der Waals surface area contributed by atoms with Crippen LogP contribution in [0.5, 0.6) is 0 Å². The maximum Gasteiger partial charge on any atom is 0.261 e. The zero-order chi connectivity index (χ0) is 19.6. The van der Waals surface area contributed by atoms with Crippen molar-refractivity contribution in [2.75, 3.05) is 4.72 Å². The van der Waals surface area contributed by atoms with Crippen molar-refractivity contribution in [1.29, 1.82) is 0 Å². The second kappa shape index (κ2) is 7.24. The number of aromatic nitrogens is 3. The monoisotopic (exact) mass is 392 g/mol. The van der Waals surface area contributed by atoms with Crippen molar-refractivity contribution in [2.24, 2.45) is 0 Å². The minimum atomic E-state index is -3.77. The molecular weight excluding hydrogens is 376 g/mol. The van der Waals surface area contributed by atoms with E-state index in [0.29, 0.717) is 17.1 Å². The lowest BCUT2D eigenvalue weighted by molar-refractivity contribution is 0.584. The van der Waals surface area contributed by atoms with Crippen LogP contribution in [0.2, 0.25) is 0 Å². The summed E-state index contributed by atoms with van der Waals surface area (Å²) in [5.74, 6) is 0.616. The van der Waals surface area contributed by atoms with E-state index in [9.17, 15) is 8.42 Å². The van der Waals surface area contributed by atoms with Crippen LogP contribution in [0.15, 0.2) is 82.4 Å². The first kappa shape index (κ1) is 17.9. The van der Waals surface area contributed by atoms with E-state index in [1.807, 2.05) is 31.2 Å². The molecule has 0 saturated heterocycles. The highest BCUT2D eigenvalue weighted by atomic mass is 32.2. The summed E-state index contributed by atoms with van der Waals surface area (Å²) in [7, 11) is -3.77. The molecule has 0 aliphatic heterocycles. The summed E-state index contributed by atoms with van der Waals surface area (Å²) < 4.78 is 33.5. The molecule has 0 radical (unpaired) electrons. The summed E-state index contributed by atoms with van der Waals surface area (Å²) >= 11 is 0. The van der Waals surface area contributed by atoms with E-state index in [4.69, 9.17) is 4.42 Å². The smallest absolute Gasteiger partial charge is 0.261 e. The van der Waals surface area contributed by atoms with Crippen LogP contribution in [0.1, 0.15) is 5.56 Å². The van der Waals surface area contributed by atoms with Gasteiger partial charge in [0.2, 0.25) is 11.8 Å². The first-order valence-electron chi connectivity index (χ1n) is 8.45. The lowest BCUT2D eigenvalue weighted by Crippen LogP contribution is -2.13. The average Bonchev–Trinajstić information content (AvgIpc) is 3.19. The maximum atomic E-state index is 12.6. The van der Waals surface area contributed by atoms with E-state index < -0.39 is 10.0 Å². The molecule has 0 aliphatic carbocycles. The molecular formula is C20H16N4O3S. The summed E-state index contributed by atoms with van der Waals surface area (Å²) in [4.78, 5) is 3.99. The number of anilines is 1. The van der Waals surface area contributed by atoms with Gasteiger partial charge in [-0.15, -0.1) is 10.2 Å². The molecule has 2 heterocycles. The standard InChI is InChI=1S/C20H16N4O3S/c1-14-7-9-15(10-8-14)19-22-23-20(27-19)16-4-2-6-18(12-16)28(25,26)24-17-5-3-11-21-13-17/h2-13,24H,1H3. The third-order valence-corrected chi connectivity index (χ3v) is 5.41. The Labute approximate surface area is 162 Å². The van der Waals surface area contributed by atoms with Gasteiger partial charge < -0.3 is 4.42 Å². The largest absolute Gasteiger partial charge is 0.416 e. The van der Waals surface area contributed by atoms with E-state index in [0.717, 1.165) is 11.1 Å². The van der Waals surface area contributed by atoms with Gasteiger partial charge in [-0.1, -0.05) is 23.8 Å². The first-order valence-corrected chi connectivity index (χ1v) is 9.93. The predicted octanol–water partition coefficient (Wildman–Crippen LogP) is 3.91. The summed E-state index contributed by atoms with van der Waals surface area (Å²) in [5.41, 5.74) is 2.82. The summed E-state index contributed by atoms with van der Waals surface area (Å²) in [6, 6.07) is 17.3. The predicted molar refractivity (Wildman–Crippen MR) is 105 cm³/mol. The Morgan fingerprint density at radius 3 is 2.36 bits per heavy atom. The molecule has 1 N–H and O–H groups in total. The number of sulfonamides is 1. The number of nitrogens with one attached hydrogen (secondary N) is 1. The Balaban J connectivity index is 1.63. The van der Waals surface area contributed by atoms with Gasteiger partial charge in [0, 0.05) is 17.3 Å². The minimum absolute atomic E-state index is 0.0870. The van der Waals surface area contributed by atoms with Gasteiger partial charge in [-0.2, -0.15) is 0 Å². The van der Waals surface area contributed by atoms with Crippen molar-refractivity contribution in [2.45, 2.75) is 11.8 Å². The minimum Gasteiger partial charge on any atom is -0.416 e. The molecule has 0 saturated carbocycles. The molecule has 7 nitrogen and oxygen atoms in total. The molecule has 0 amide bonds. The highest BCUT2D eigenvalue weighted by molar-refractivity contribution is 7.92. The van der Waals surface area contributed by atoms with Crippen molar-refractivity contribution >= 4 is 15.7 Å². The van der Waals surface area contributed by atoms with Gasteiger partial charge in [-0.05, 0) is 49.4 Å². The van der Waals surface area contributed by atoms with Crippen LogP contribution >= 0.6 is 0 Å². The van der Waals surface area contributed by atoms with E-state index in [-0.39, 0.29) is 10.8 Å². The molecule has 4 rings (SSSR count). The van der Waals surface area contributed by atoms with Crippen LogP contribution in [0.25, 0.3) is 22.9 Å². The Hall–Kier alpha value is -3.52. The fourth-order valence-corrected chi connectivity index (χ4v) is 3.67. The normalized spacial score (nSPS) is 11.3. The molecule has 0 fully saturated rings. The quantitative estimate of drug-likeness (QED) is 0.553. The van der Waals surface area contributed by atoms with Gasteiger partial charge in [-0.25, -0.2) is 8.42 Å². The highest BCUT2D eigenvalue weighted by Crippen LogP contribution is 2.26. The van der Waals surface area contributed by atoms with Crippen molar-refractivity contribution < 1.29 is 12.8 Å². The molecule has 8 heteroatoms. The molecule has 28 heavy (non-hydrogen) atoms. The van der Waals surface area contributed by atoms with Crippen LogP contribution < -0.4 is 4.72 Å². The van der Waals surface area contributed by atoms with Crippen LogP contribution in [0.3, 0.4) is 0 Å². The molecule has 4 aromatic rings. The fraction of sp³-hybridized carbons (Fsp3) is 0.0500. The molecule has 0 aliphatic rings. The molecule has 0 unspecified atom stereocenters. The topological polar surface area (TPSA) is 98.0 Å². The van der Waals surface area contributed by atoms with Gasteiger partial charge >= 0.3 is 0 Å². The summed E-state index contributed by atoms with van der Waals surface area (Å²) in [5, 5.41) is 8.11. The second-order valence-electron chi connectivity index (χ2n) is 6.15. The van der Waals surface area contributed by atoms with Crippen LogP contribution in [-0.2, 0) is 10.0 Å². The third-order valence-electron chi connectivity index (χ3n) is 4.03. The average molecular weight is 392 g/mol. The number of hydrogen-bond donors (Lipinski definition) is 1. The highest BCUT2D eigenvalue weighted by Gasteiger charge is 2.17. The fourth-order valence-electron chi connectivity index (χ4n) is 2.59. The van der Waals surface area contributed by atoms with Gasteiger partial charge in [0.1, 0.15) is 0 Å². The van der Waals surface area contributed by atoms with Crippen molar-refractivity contribution in [3.8, 4) is 22.9 Å². The lowest BCUT2D eigenvalue weighted by atomic mass is 10.1. The molecule has 2 aromatic heterocycles. The summed E-state index contributed by atoms with van der Waals surface area (Å²) in [6.07, 6.45) is 3.01. The van der Waals surface area contributed by atoms with E-state index in [2.05, 4.69) is 19.9 Å². The molecule has 140 valence electrons. The number of benzene rings is 2. The Morgan fingerprint density at radius 2 is 1.64 bits per heavy atom. The number of pyridine rings is 1. The van der Waals surface area contributed by atoms with Gasteiger partial charge in [0.15, 0.2) is 0 Å². The van der Waals surface area contributed by atoms with E-state index in [1.165, 1.54) is 18.3 Å². The first-order chi connectivity index (χ1) is 13.5. The van der Waals surface area contributed by atoms with Crippen LogP contribution in [0, 0.1) is 6.92 Å². The Morgan fingerprint density at radius 1 is 0.893 bits per heavy atom. The van der Waals surface area contributed by atoms with Crippen LogP contribution in [0.4, 0.5) is 5.69 Å². The molecule has 0 atom stereocenters. The lowest BCUT2D eigenvalue weighted by Gasteiger charge is -2.08. The number of aryl methyl sites for hydroxylation is 1.